The van der Waals surface area contributed by atoms with Crippen LogP contribution in [-0.4, -0.2) is 27.5 Å². The lowest BCUT2D eigenvalue weighted by Gasteiger charge is -2.11. The molecule has 13 heteroatoms. The monoisotopic (exact) mass is 448 g/mol. The molecule has 3 rings (SSSR count). The van der Waals surface area contributed by atoms with Gasteiger partial charge in [0.15, 0.2) is 5.69 Å². The molecule has 0 radical (unpaired) electrons. The molecule has 8 nitrogen and oxygen atoms in total. The molecular weight excluding hydrogens is 437 g/mol. The summed E-state index contributed by atoms with van der Waals surface area (Å²) in [5.41, 5.74) is -6.49. The molecule has 0 amide bonds. The Labute approximate surface area is 163 Å². The first-order valence-electron chi connectivity index (χ1n) is 7.65. The molecule has 0 spiro atoms. The fraction of sp³-hybridized carbons (Fsp3) is 0.0625. The van der Waals surface area contributed by atoms with E-state index in [1.807, 2.05) is 4.72 Å². The number of alkyl halides is 3. The Morgan fingerprint density at radius 2 is 1.45 bits per heavy atom. The highest BCUT2D eigenvalue weighted by molar-refractivity contribution is 7.92. The van der Waals surface area contributed by atoms with E-state index < -0.39 is 37.3 Å². The largest absolute Gasteiger partial charge is 0.534 e. The van der Waals surface area contributed by atoms with Gasteiger partial charge in [-0.1, -0.05) is 53.7 Å². The molecule has 0 saturated heterocycles. The summed E-state index contributed by atoms with van der Waals surface area (Å²) in [6.45, 7) is 0. The summed E-state index contributed by atoms with van der Waals surface area (Å²) in [6.07, 6.45) is 0. The number of nitrogens with zero attached hydrogens (tertiary/aromatic N) is 1. The summed E-state index contributed by atoms with van der Waals surface area (Å²) in [5.74, 6) is -1.28. The van der Waals surface area contributed by atoms with Crippen LogP contribution in [0, 0.1) is 0 Å². The summed E-state index contributed by atoms with van der Waals surface area (Å²) in [7, 11) is -10.5. The first-order valence-corrected chi connectivity index (χ1v) is 10.5. The van der Waals surface area contributed by atoms with Crippen molar-refractivity contribution in [3.63, 3.8) is 0 Å². The van der Waals surface area contributed by atoms with E-state index >= 15 is 0 Å². The van der Waals surface area contributed by atoms with Gasteiger partial charge in [-0.05, 0) is 12.1 Å². The molecular formula is C16H11F3N2O6S2. The van der Waals surface area contributed by atoms with Gasteiger partial charge in [0, 0.05) is 5.56 Å². The fourth-order valence-corrected chi connectivity index (χ4v) is 3.64. The Hall–Kier alpha value is -3.06. The standard InChI is InChI=1S/C16H11F3N2O6S2/c17-16(18,19)29(24,25)27-15-14(13(20-26-15)11-7-3-1-4-8-11)21-28(22,23)12-9-5-2-6-10-12/h1-10,21H. The van der Waals surface area contributed by atoms with Crippen molar-refractivity contribution in [3.05, 3.63) is 60.7 Å². The number of anilines is 1. The summed E-state index contributed by atoms with van der Waals surface area (Å²) in [5, 5.41) is 3.47. The third-order valence-electron chi connectivity index (χ3n) is 3.47. The normalized spacial score (nSPS) is 12.5. The molecule has 0 fully saturated rings. The van der Waals surface area contributed by atoms with Crippen molar-refractivity contribution in [1.29, 1.82) is 0 Å². The first kappa shape index (κ1) is 20.7. The second-order valence-corrected chi connectivity index (χ2v) is 8.68. The molecule has 1 aromatic heterocycles. The maximum atomic E-state index is 12.7. The number of rotatable bonds is 6. The van der Waals surface area contributed by atoms with Gasteiger partial charge in [-0.15, -0.1) is 0 Å². The van der Waals surface area contributed by atoms with Crippen molar-refractivity contribution >= 4 is 25.8 Å². The predicted octanol–water partition coefficient (Wildman–Crippen LogP) is 3.37. The minimum atomic E-state index is -6.13. The van der Waals surface area contributed by atoms with Gasteiger partial charge in [-0.3, -0.25) is 4.72 Å². The van der Waals surface area contributed by atoms with Gasteiger partial charge in [-0.25, -0.2) is 8.42 Å². The van der Waals surface area contributed by atoms with Crippen LogP contribution in [0.1, 0.15) is 0 Å². The number of nitrogens with one attached hydrogen (secondary N) is 1. The summed E-state index contributed by atoms with van der Waals surface area (Å²) < 4.78 is 96.4. The fourth-order valence-electron chi connectivity index (χ4n) is 2.15. The molecule has 0 aliphatic carbocycles. The van der Waals surface area contributed by atoms with Crippen molar-refractivity contribution < 1.29 is 38.7 Å². The Balaban J connectivity index is 2.11. The zero-order chi connectivity index (χ0) is 21.3. The maximum absolute atomic E-state index is 12.7. The Bertz CT molecular complexity index is 1210. The molecule has 0 aliphatic rings. The number of benzene rings is 2. The number of aromatic nitrogens is 1. The molecule has 0 saturated carbocycles. The molecule has 2 aromatic carbocycles. The number of halogens is 3. The third-order valence-corrected chi connectivity index (χ3v) is 5.77. The Morgan fingerprint density at radius 1 is 0.897 bits per heavy atom. The van der Waals surface area contributed by atoms with Crippen LogP contribution in [0.2, 0.25) is 0 Å². The lowest BCUT2D eigenvalue weighted by Crippen LogP contribution is -2.28. The molecule has 0 atom stereocenters. The highest BCUT2D eigenvalue weighted by Crippen LogP contribution is 2.39. The predicted molar refractivity (Wildman–Crippen MR) is 94.8 cm³/mol. The smallest absolute Gasteiger partial charge is 0.335 e. The van der Waals surface area contributed by atoms with E-state index in [4.69, 9.17) is 0 Å². The van der Waals surface area contributed by atoms with Crippen LogP contribution in [0.4, 0.5) is 18.9 Å². The Morgan fingerprint density at radius 3 is 2.00 bits per heavy atom. The van der Waals surface area contributed by atoms with Gasteiger partial charge in [0.05, 0.1) is 4.90 Å². The zero-order valence-electron chi connectivity index (χ0n) is 14.1. The quantitative estimate of drug-likeness (QED) is 0.454. The Kier molecular flexibility index (Phi) is 5.28. The van der Waals surface area contributed by atoms with Crippen LogP contribution in [0.15, 0.2) is 70.1 Å². The minimum absolute atomic E-state index is 0.232. The van der Waals surface area contributed by atoms with Crippen LogP contribution in [0.25, 0.3) is 11.3 Å². The van der Waals surface area contributed by atoms with Crippen molar-refractivity contribution in [2.75, 3.05) is 4.72 Å². The summed E-state index contributed by atoms with van der Waals surface area (Å²) in [6, 6.07) is 14.5. The topological polar surface area (TPSA) is 116 Å². The van der Waals surface area contributed by atoms with Crippen LogP contribution in [0.3, 0.4) is 0 Å². The SMILES string of the molecule is O=S(=O)(Nc1c(-c2ccccc2)noc1OS(=O)(=O)C(F)(F)F)c1ccccc1. The van der Waals surface area contributed by atoms with E-state index in [1.54, 1.807) is 24.3 Å². The molecule has 1 N–H and O–H groups in total. The van der Waals surface area contributed by atoms with Crippen LogP contribution in [0.5, 0.6) is 5.95 Å². The molecule has 154 valence electrons. The minimum Gasteiger partial charge on any atom is -0.335 e. The third kappa shape index (κ3) is 4.35. The zero-order valence-corrected chi connectivity index (χ0v) is 15.8. The lowest BCUT2D eigenvalue weighted by atomic mass is 10.1. The average Bonchev–Trinajstić information content (AvgIpc) is 3.03. The van der Waals surface area contributed by atoms with E-state index in [-0.39, 0.29) is 16.2 Å². The highest BCUT2D eigenvalue weighted by Gasteiger charge is 2.50. The van der Waals surface area contributed by atoms with Crippen molar-refractivity contribution in [2.45, 2.75) is 10.4 Å². The molecule has 0 bridgehead atoms. The molecule has 0 unspecified atom stereocenters. The summed E-state index contributed by atoms with van der Waals surface area (Å²) >= 11 is 0. The number of hydrogen-bond acceptors (Lipinski definition) is 7. The van der Waals surface area contributed by atoms with E-state index in [9.17, 15) is 30.0 Å². The van der Waals surface area contributed by atoms with Crippen LogP contribution in [-0.2, 0) is 20.1 Å². The number of hydrogen-bond donors (Lipinski definition) is 1. The van der Waals surface area contributed by atoms with E-state index in [0.29, 0.717) is 0 Å². The molecule has 0 aliphatic heterocycles. The van der Waals surface area contributed by atoms with Gasteiger partial charge >= 0.3 is 21.6 Å². The van der Waals surface area contributed by atoms with Crippen molar-refractivity contribution in [1.82, 2.24) is 5.16 Å². The molecule has 29 heavy (non-hydrogen) atoms. The van der Waals surface area contributed by atoms with E-state index in [2.05, 4.69) is 13.9 Å². The molecule has 1 heterocycles. The van der Waals surface area contributed by atoms with Crippen LogP contribution < -0.4 is 8.91 Å². The maximum Gasteiger partial charge on any atom is 0.534 e. The van der Waals surface area contributed by atoms with E-state index in [0.717, 1.165) is 0 Å². The van der Waals surface area contributed by atoms with Gasteiger partial charge in [0.2, 0.25) is 0 Å². The highest BCUT2D eigenvalue weighted by atomic mass is 32.2. The summed E-state index contributed by atoms with van der Waals surface area (Å²) in [4.78, 5) is -0.232. The van der Waals surface area contributed by atoms with Gasteiger partial charge < -0.3 is 8.71 Å². The van der Waals surface area contributed by atoms with Gasteiger partial charge in [0.25, 0.3) is 10.0 Å². The van der Waals surface area contributed by atoms with Gasteiger partial charge in [-0.2, -0.15) is 21.6 Å². The van der Waals surface area contributed by atoms with Crippen LogP contribution >= 0.6 is 0 Å². The second-order valence-electron chi connectivity index (χ2n) is 5.46. The second kappa shape index (κ2) is 7.40. The van der Waals surface area contributed by atoms with E-state index in [1.165, 1.54) is 36.4 Å². The number of sulfonamides is 1. The van der Waals surface area contributed by atoms with Gasteiger partial charge in [0.1, 0.15) is 5.69 Å². The first-order chi connectivity index (χ1) is 13.5. The van der Waals surface area contributed by atoms with Crippen molar-refractivity contribution in [3.8, 4) is 17.2 Å². The van der Waals surface area contributed by atoms with Crippen molar-refractivity contribution in [2.24, 2.45) is 0 Å². The lowest BCUT2D eigenvalue weighted by molar-refractivity contribution is -0.0507. The average molecular weight is 448 g/mol. The molecule has 3 aromatic rings.